The fourth-order valence-electron chi connectivity index (χ4n) is 3.08. The summed E-state index contributed by atoms with van der Waals surface area (Å²) in [5.41, 5.74) is 0.421. The molecule has 3 nitrogen and oxygen atoms in total. The van der Waals surface area contributed by atoms with E-state index in [1.165, 1.54) is 45.3 Å². The molecule has 19 heavy (non-hydrogen) atoms. The molecule has 1 heterocycles. The van der Waals surface area contributed by atoms with E-state index in [1.54, 1.807) is 0 Å². The predicted molar refractivity (Wildman–Crippen MR) is 84.7 cm³/mol. The summed E-state index contributed by atoms with van der Waals surface area (Å²) in [6, 6.07) is 0.770. The Kier molecular flexibility index (Phi) is 7.33. The van der Waals surface area contributed by atoms with Crippen LogP contribution in [0, 0.1) is 5.41 Å². The molecule has 2 unspecified atom stereocenters. The van der Waals surface area contributed by atoms with Crippen molar-refractivity contribution in [2.45, 2.75) is 52.5 Å². The van der Waals surface area contributed by atoms with Gasteiger partial charge in [0.05, 0.1) is 0 Å². The fourth-order valence-corrected chi connectivity index (χ4v) is 3.08. The number of rotatable bonds is 9. The molecule has 1 fully saturated rings. The van der Waals surface area contributed by atoms with E-state index in [-0.39, 0.29) is 0 Å². The van der Waals surface area contributed by atoms with Gasteiger partial charge >= 0.3 is 0 Å². The third-order valence-electron chi connectivity index (χ3n) is 4.49. The molecule has 1 N–H and O–H groups in total. The molecule has 0 aromatic heterocycles. The van der Waals surface area contributed by atoms with E-state index < -0.39 is 0 Å². The van der Waals surface area contributed by atoms with Crippen LogP contribution in [0.5, 0.6) is 0 Å². The fraction of sp³-hybridized carbons (Fsp3) is 1.00. The van der Waals surface area contributed by atoms with E-state index in [0.717, 1.165) is 19.1 Å². The lowest BCUT2D eigenvalue weighted by atomic mass is 9.86. The Balaban J connectivity index is 2.48. The summed E-state index contributed by atoms with van der Waals surface area (Å²) in [5.74, 6) is 0. The molecule has 0 aromatic carbocycles. The molecule has 114 valence electrons. The van der Waals surface area contributed by atoms with Crippen LogP contribution in [-0.2, 0) is 0 Å². The number of nitrogens with zero attached hydrogens (tertiary/aromatic N) is 2. The first-order valence-electron chi connectivity index (χ1n) is 8.10. The summed E-state index contributed by atoms with van der Waals surface area (Å²) >= 11 is 0. The van der Waals surface area contributed by atoms with Crippen molar-refractivity contribution in [2.24, 2.45) is 5.41 Å². The second-order valence-electron chi connectivity index (χ2n) is 6.87. The van der Waals surface area contributed by atoms with Gasteiger partial charge < -0.3 is 10.2 Å². The molecule has 1 aliphatic rings. The Labute approximate surface area is 120 Å². The van der Waals surface area contributed by atoms with Gasteiger partial charge in [-0.05, 0) is 58.3 Å². The zero-order valence-electron chi connectivity index (χ0n) is 13.8. The number of likely N-dealkylation sites (tertiary alicyclic amines) is 1. The molecule has 0 bridgehead atoms. The Morgan fingerprint density at radius 1 is 1.32 bits per heavy atom. The lowest BCUT2D eigenvalue weighted by Gasteiger charge is -2.37. The van der Waals surface area contributed by atoms with Crippen molar-refractivity contribution in [3.8, 4) is 0 Å². The summed E-state index contributed by atoms with van der Waals surface area (Å²) in [6.45, 7) is 13.1. The number of nitrogens with one attached hydrogen (secondary N) is 1. The average molecular weight is 269 g/mol. The van der Waals surface area contributed by atoms with Gasteiger partial charge in [0.2, 0.25) is 0 Å². The zero-order chi connectivity index (χ0) is 14.3. The predicted octanol–water partition coefficient (Wildman–Crippen LogP) is 2.43. The number of likely N-dealkylation sites (N-methyl/N-ethyl adjacent to an activating group) is 1. The van der Waals surface area contributed by atoms with Gasteiger partial charge in [-0.2, -0.15) is 0 Å². The SMILES string of the molecule is CCCNCC(C)(CC)CN1CCCC1CN(C)C. The standard InChI is InChI=1S/C16H35N3/c1-6-10-17-13-16(3,7-2)14-19-11-8-9-15(19)12-18(4)5/h15,17H,6-14H2,1-5H3. The lowest BCUT2D eigenvalue weighted by molar-refractivity contribution is 0.128. The molecule has 1 rings (SSSR count). The molecule has 1 saturated heterocycles. The highest BCUT2D eigenvalue weighted by atomic mass is 15.2. The van der Waals surface area contributed by atoms with E-state index in [2.05, 4.69) is 50.0 Å². The highest BCUT2D eigenvalue weighted by molar-refractivity contribution is 4.87. The Hall–Kier alpha value is -0.120. The monoisotopic (exact) mass is 269 g/mol. The minimum absolute atomic E-state index is 0.421. The van der Waals surface area contributed by atoms with E-state index in [9.17, 15) is 0 Å². The van der Waals surface area contributed by atoms with Crippen molar-refractivity contribution in [1.82, 2.24) is 15.1 Å². The molecule has 3 heteroatoms. The largest absolute Gasteiger partial charge is 0.316 e. The molecule has 0 saturated carbocycles. The molecule has 0 aromatic rings. The van der Waals surface area contributed by atoms with E-state index in [1.807, 2.05) is 0 Å². The van der Waals surface area contributed by atoms with Crippen LogP contribution in [0.1, 0.15) is 46.5 Å². The van der Waals surface area contributed by atoms with Crippen LogP contribution in [0.4, 0.5) is 0 Å². The van der Waals surface area contributed by atoms with Gasteiger partial charge in [0.15, 0.2) is 0 Å². The molecular weight excluding hydrogens is 234 g/mol. The Morgan fingerprint density at radius 3 is 2.63 bits per heavy atom. The first kappa shape index (κ1) is 16.9. The first-order valence-corrected chi connectivity index (χ1v) is 8.10. The maximum absolute atomic E-state index is 3.62. The van der Waals surface area contributed by atoms with Gasteiger partial charge in [-0.25, -0.2) is 0 Å². The Morgan fingerprint density at radius 2 is 2.05 bits per heavy atom. The summed E-state index contributed by atoms with van der Waals surface area (Å²) in [6.07, 6.45) is 5.24. The minimum Gasteiger partial charge on any atom is -0.316 e. The maximum Gasteiger partial charge on any atom is 0.0223 e. The van der Waals surface area contributed by atoms with Crippen molar-refractivity contribution in [2.75, 3.05) is 46.8 Å². The maximum atomic E-state index is 3.62. The van der Waals surface area contributed by atoms with Crippen LogP contribution in [0.3, 0.4) is 0 Å². The highest BCUT2D eigenvalue weighted by Crippen LogP contribution is 2.27. The Bertz CT molecular complexity index is 242. The van der Waals surface area contributed by atoms with Crippen LogP contribution in [0.2, 0.25) is 0 Å². The highest BCUT2D eigenvalue weighted by Gasteiger charge is 2.31. The van der Waals surface area contributed by atoms with Gasteiger partial charge in [-0.3, -0.25) is 4.90 Å². The van der Waals surface area contributed by atoms with Crippen molar-refractivity contribution in [1.29, 1.82) is 0 Å². The average Bonchev–Trinajstić information content (AvgIpc) is 2.76. The van der Waals surface area contributed by atoms with E-state index in [4.69, 9.17) is 0 Å². The van der Waals surface area contributed by atoms with Gasteiger partial charge in [-0.15, -0.1) is 0 Å². The molecule has 0 aliphatic carbocycles. The van der Waals surface area contributed by atoms with Crippen molar-refractivity contribution in [3.05, 3.63) is 0 Å². The quantitative estimate of drug-likeness (QED) is 0.649. The molecule has 0 amide bonds. The summed E-state index contributed by atoms with van der Waals surface area (Å²) in [4.78, 5) is 5.07. The van der Waals surface area contributed by atoms with Crippen molar-refractivity contribution >= 4 is 0 Å². The van der Waals surface area contributed by atoms with Crippen LogP contribution in [-0.4, -0.2) is 62.7 Å². The number of hydrogen-bond acceptors (Lipinski definition) is 3. The zero-order valence-corrected chi connectivity index (χ0v) is 13.8. The van der Waals surface area contributed by atoms with Crippen LogP contribution in [0.15, 0.2) is 0 Å². The van der Waals surface area contributed by atoms with Crippen molar-refractivity contribution in [3.63, 3.8) is 0 Å². The summed E-state index contributed by atoms with van der Waals surface area (Å²) in [7, 11) is 4.39. The van der Waals surface area contributed by atoms with Gasteiger partial charge in [0.25, 0.3) is 0 Å². The molecule has 0 radical (unpaired) electrons. The van der Waals surface area contributed by atoms with E-state index in [0.29, 0.717) is 5.41 Å². The van der Waals surface area contributed by atoms with Gasteiger partial charge in [0, 0.05) is 25.7 Å². The molecule has 2 atom stereocenters. The topological polar surface area (TPSA) is 18.5 Å². The summed E-state index contributed by atoms with van der Waals surface area (Å²) in [5, 5.41) is 3.62. The second-order valence-corrected chi connectivity index (χ2v) is 6.87. The first-order chi connectivity index (χ1) is 9.00. The van der Waals surface area contributed by atoms with E-state index >= 15 is 0 Å². The molecule has 0 spiro atoms. The lowest BCUT2D eigenvalue weighted by Crippen LogP contribution is -2.46. The summed E-state index contributed by atoms with van der Waals surface area (Å²) < 4.78 is 0. The van der Waals surface area contributed by atoms with Crippen LogP contribution < -0.4 is 5.32 Å². The molecular formula is C16H35N3. The van der Waals surface area contributed by atoms with Gasteiger partial charge in [0.1, 0.15) is 0 Å². The normalized spacial score (nSPS) is 24.0. The number of hydrogen-bond donors (Lipinski definition) is 1. The van der Waals surface area contributed by atoms with Crippen LogP contribution >= 0.6 is 0 Å². The third-order valence-corrected chi connectivity index (χ3v) is 4.49. The third kappa shape index (κ3) is 5.80. The van der Waals surface area contributed by atoms with Gasteiger partial charge in [-0.1, -0.05) is 20.8 Å². The van der Waals surface area contributed by atoms with Crippen molar-refractivity contribution < 1.29 is 0 Å². The van der Waals surface area contributed by atoms with Crippen LogP contribution in [0.25, 0.3) is 0 Å². The minimum atomic E-state index is 0.421. The smallest absolute Gasteiger partial charge is 0.0223 e. The second kappa shape index (κ2) is 8.23. The molecule has 1 aliphatic heterocycles.